The number of hydrogen-bond acceptors (Lipinski definition) is 6. The minimum atomic E-state index is -2.03. The lowest BCUT2D eigenvalue weighted by molar-refractivity contribution is -0.0445. The van der Waals surface area contributed by atoms with Crippen LogP contribution >= 0.6 is 0 Å². The molecule has 4 atom stereocenters. The standard InChI is InChI=1S/C22H26N4O2/c1-14-8-21(6-5-19(14)27-2)9-16-4-3-15(17-10-24-13-25-11-17)7-18(16)22(21)12-28-20(23)26-22/h3-4,7,10-11,13-14,19H,5-6,8-9,12H2,1-2H3,(H2,23,26)/t14-,19-,21+,22?/m0/s1/i12D2. The lowest BCUT2D eigenvalue weighted by Gasteiger charge is -2.47. The van der Waals surface area contributed by atoms with E-state index in [-0.39, 0.29) is 18.0 Å². The van der Waals surface area contributed by atoms with Crippen LogP contribution in [0, 0.1) is 11.3 Å². The molecule has 1 fully saturated rings. The minimum absolute atomic E-state index is 0.0813. The number of nitrogens with two attached hydrogens (primary N) is 1. The van der Waals surface area contributed by atoms with Crippen molar-refractivity contribution in [3.63, 3.8) is 0 Å². The Morgan fingerprint density at radius 3 is 2.79 bits per heavy atom. The average Bonchev–Trinajstić information content (AvgIpc) is 3.13. The van der Waals surface area contributed by atoms with Crippen LogP contribution in [0.15, 0.2) is 41.9 Å². The van der Waals surface area contributed by atoms with Gasteiger partial charge in [-0.2, -0.15) is 0 Å². The van der Waals surface area contributed by atoms with Crippen LogP contribution < -0.4 is 5.73 Å². The molecule has 6 nitrogen and oxygen atoms in total. The molecule has 5 rings (SSSR count). The zero-order valence-corrected chi connectivity index (χ0v) is 16.2. The predicted molar refractivity (Wildman–Crippen MR) is 107 cm³/mol. The van der Waals surface area contributed by atoms with Gasteiger partial charge >= 0.3 is 0 Å². The highest BCUT2D eigenvalue weighted by Gasteiger charge is 2.62. The lowest BCUT2D eigenvalue weighted by atomic mass is 9.59. The highest BCUT2D eigenvalue weighted by molar-refractivity contribution is 5.75. The molecular formula is C22H26N4O2. The van der Waals surface area contributed by atoms with E-state index in [1.165, 1.54) is 6.33 Å². The smallest absolute Gasteiger partial charge is 0.283 e. The van der Waals surface area contributed by atoms with Crippen molar-refractivity contribution < 1.29 is 12.2 Å². The van der Waals surface area contributed by atoms with Crippen LogP contribution in [0.4, 0.5) is 0 Å². The van der Waals surface area contributed by atoms with Crippen LogP contribution in [0.1, 0.15) is 40.1 Å². The summed E-state index contributed by atoms with van der Waals surface area (Å²) in [7, 11) is 1.75. The number of nitrogens with zero attached hydrogens (tertiary/aromatic N) is 3. The van der Waals surface area contributed by atoms with E-state index >= 15 is 0 Å². The van der Waals surface area contributed by atoms with Gasteiger partial charge < -0.3 is 15.2 Å². The average molecular weight is 380 g/mol. The highest BCUT2D eigenvalue weighted by atomic mass is 16.5. The minimum Gasteiger partial charge on any atom is -0.462 e. The molecule has 0 bridgehead atoms. The molecule has 2 spiro atoms. The number of fused-ring (bicyclic) bond motifs is 3. The summed E-state index contributed by atoms with van der Waals surface area (Å²) in [5.74, 6) is 0.282. The molecular weight excluding hydrogens is 352 g/mol. The van der Waals surface area contributed by atoms with Crippen molar-refractivity contribution in [2.75, 3.05) is 13.7 Å². The zero-order valence-electron chi connectivity index (χ0n) is 18.2. The van der Waals surface area contributed by atoms with E-state index in [1.54, 1.807) is 19.5 Å². The molecule has 2 heterocycles. The maximum Gasteiger partial charge on any atom is 0.283 e. The van der Waals surface area contributed by atoms with Crippen LogP contribution in [-0.2, 0) is 21.4 Å². The molecule has 2 aliphatic carbocycles. The Balaban J connectivity index is 1.70. The molecule has 6 heteroatoms. The van der Waals surface area contributed by atoms with E-state index in [0.29, 0.717) is 0 Å². The third kappa shape index (κ3) is 2.40. The number of aliphatic imine (C=N–C) groups is 1. The second-order valence-corrected chi connectivity index (χ2v) is 8.31. The Bertz CT molecular complexity index is 1020. The number of hydrogen-bond donors (Lipinski definition) is 1. The van der Waals surface area contributed by atoms with E-state index in [2.05, 4.69) is 23.0 Å². The van der Waals surface area contributed by atoms with Gasteiger partial charge in [0.15, 0.2) is 0 Å². The molecule has 2 aromatic rings. The van der Waals surface area contributed by atoms with Crippen molar-refractivity contribution in [3.05, 3.63) is 48.0 Å². The van der Waals surface area contributed by atoms with Crippen molar-refractivity contribution in [1.29, 1.82) is 0 Å². The molecule has 1 aliphatic heterocycles. The van der Waals surface area contributed by atoms with E-state index in [4.69, 9.17) is 22.9 Å². The molecule has 1 saturated carbocycles. The molecule has 1 unspecified atom stereocenters. The summed E-state index contributed by atoms with van der Waals surface area (Å²) in [6, 6.07) is 6.08. The van der Waals surface area contributed by atoms with Gasteiger partial charge in [0.1, 0.15) is 18.4 Å². The number of aromatic nitrogens is 2. The van der Waals surface area contributed by atoms with Gasteiger partial charge in [0.2, 0.25) is 0 Å². The van der Waals surface area contributed by atoms with E-state index in [0.717, 1.165) is 47.9 Å². The number of ether oxygens (including phenoxy) is 2. The molecule has 0 amide bonds. The van der Waals surface area contributed by atoms with Crippen LogP contribution in [0.5, 0.6) is 0 Å². The van der Waals surface area contributed by atoms with Gasteiger partial charge in [-0.15, -0.1) is 0 Å². The Hall–Kier alpha value is -2.47. The molecule has 3 aliphatic rings. The van der Waals surface area contributed by atoms with Crippen molar-refractivity contribution in [2.24, 2.45) is 22.1 Å². The molecule has 2 N–H and O–H groups in total. The van der Waals surface area contributed by atoms with Gasteiger partial charge in [-0.3, -0.25) is 0 Å². The van der Waals surface area contributed by atoms with E-state index in [1.807, 2.05) is 12.1 Å². The van der Waals surface area contributed by atoms with E-state index < -0.39 is 17.5 Å². The van der Waals surface area contributed by atoms with Crippen LogP contribution in [0.2, 0.25) is 0 Å². The monoisotopic (exact) mass is 380 g/mol. The first kappa shape index (κ1) is 15.5. The summed E-state index contributed by atoms with van der Waals surface area (Å²) in [5, 5.41) is 0. The zero-order chi connectivity index (χ0) is 21.1. The molecule has 28 heavy (non-hydrogen) atoms. The third-order valence-corrected chi connectivity index (χ3v) is 6.83. The van der Waals surface area contributed by atoms with Gasteiger partial charge in [0.05, 0.1) is 8.85 Å². The molecule has 1 aromatic heterocycles. The largest absolute Gasteiger partial charge is 0.462 e. The molecule has 1 aromatic carbocycles. The van der Waals surface area contributed by atoms with Gasteiger partial charge in [-0.05, 0) is 54.4 Å². The second-order valence-electron chi connectivity index (χ2n) is 8.31. The molecule has 0 saturated heterocycles. The summed E-state index contributed by atoms with van der Waals surface area (Å²) in [5.41, 5.74) is 8.16. The molecule has 146 valence electrons. The maximum atomic E-state index is 8.88. The Kier molecular flexibility index (Phi) is 3.46. The fraction of sp³-hybridized carbons (Fsp3) is 0.500. The van der Waals surface area contributed by atoms with Crippen LogP contribution in [0.25, 0.3) is 11.1 Å². The Morgan fingerprint density at radius 2 is 2.11 bits per heavy atom. The highest BCUT2D eigenvalue weighted by Crippen LogP contribution is 2.62. The van der Waals surface area contributed by atoms with Gasteiger partial charge in [0, 0.05) is 30.5 Å². The fourth-order valence-corrected chi connectivity index (χ4v) is 5.54. The van der Waals surface area contributed by atoms with Crippen molar-refractivity contribution >= 4 is 6.02 Å². The summed E-state index contributed by atoms with van der Waals surface area (Å²) >= 11 is 0. The number of rotatable bonds is 2. The Morgan fingerprint density at radius 1 is 1.29 bits per heavy atom. The van der Waals surface area contributed by atoms with Crippen LogP contribution in [-0.4, -0.2) is 35.8 Å². The van der Waals surface area contributed by atoms with Crippen LogP contribution in [0.3, 0.4) is 0 Å². The van der Waals surface area contributed by atoms with Crippen molar-refractivity contribution in [2.45, 2.75) is 44.2 Å². The first-order chi connectivity index (χ1) is 14.3. The number of benzene rings is 1. The quantitative estimate of drug-likeness (QED) is 0.866. The predicted octanol–water partition coefficient (Wildman–Crippen LogP) is 3.06. The number of amidine groups is 1. The summed E-state index contributed by atoms with van der Waals surface area (Å²) in [4.78, 5) is 13.0. The molecule has 0 radical (unpaired) electrons. The lowest BCUT2D eigenvalue weighted by Crippen LogP contribution is -2.48. The normalized spacial score (nSPS) is 36.6. The van der Waals surface area contributed by atoms with E-state index in [9.17, 15) is 0 Å². The second kappa shape index (κ2) is 6.27. The van der Waals surface area contributed by atoms with Gasteiger partial charge in [-0.25, -0.2) is 15.0 Å². The summed E-state index contributed by atoms with van der Waals surface area (Å²) in [6.45, 7) is 0.144. The first-order valence-electron chi connectivity index (χ1n) is 10.8. The SMILES string of the molecule is [2H]C1([2H])OC(N)=NC12c1cc(-c3cncnc3)ccc1C[C@]21CC[C@H](OC)[C@@H](C)C1. The Labute approximate surface area is 168 Å². The van der Waals surface area contributed by atoms with Crippen molar-refractivity contribution in [3.8, 4) is 11.1 Å². The van der Waals surface area contributed by atoms with Crippen molar-refractivity contribution in [1.82, 2.24) is 9.97 Å². The first-order valence-corrected chi connectivity index (χ1v) is 9.78. The summed E-state index contributed by atoms with van der Waals surface area (Å²) < 4.78 is 29.0. The maximum absolute atomic E-state index is 8.88. The van der Waals surface area contributed by atoms with Gasteiger partial charge in [-0.1, -0.05) is 19.1 Å². The van der Waals surface area contributed by atoms with Gasteiger partial charge in [0.25, 0.3) is 6.02 Å². The topological polar surface area (TPSA) is 82.6 Å². The number of methoxy groups -OCH3 is 1. The fourth-order valence-electron chi connectivity index (χ4n) is 5.54. The summed E-state index contributed by atoms with van der Waals surface area (Å²) in [6.07, 6.45) is 8.38. The third-order valence-electron chi connectivity index (χ3n) is 6.83.